The van der Waals surface area contributed by atoms with E-state index in [9.17, 15) is 50.8 Å². The summed E-state index contributed by atoms with van der Waals surface area (Å²) in [4.78, 5) is 12.9. The van der Waals surface area contributed by atoms with E-state index in [1.54, 1.807) is 0 Å². The van der Waals surface area contributed by atoms with Gasteiger partial charge in [0, 0.05) is 23.8 Å². The van der Waals surface area contributed by atoms with Crippen molar-refractivity contribution in [2.75, 3.05) is 20.3 Å². The number of aliphatic hydroxyl groups excluding tert-OH is 7. The zero-order valence-corrected chi connectivity index (χ0v) is 23.0. The van der Waals surface area contributed by atoms with Crippen LogP contribution >= 0.6 is 0 Å². The number of rotatable bonds is 8. The fraction of sp³-hybridized carbons (Fsp3) is 0.464. The maximum atomic E-state index is 12.9. The third-order valence-electron chi connectivity index (χ3n) is 7.46. The standard InChI is InChI=1S/C28H32O16/c1-39-15-3-2-10(4-12(15)31)16-7-14(33)20-13(32)5-11(6-17(20)41-16)40-28-26(24(37)22(35)19(9-30)43-28)44-27-25(38)23(36)21(34)18(8-29)42-27/h2-7,18-19,21-32,34-38H,8-9H2,1H3/t18?,19?,21-,22-,23+,24+,25?,26?,27+,28-/m1/s1. The van der Waals surface area contributed by atoms with Crippen molar-refractivity contribution in [1.29, 1.82) is 0 Å². The highest BCUT2D eigenvalue weighted by molar-refractivity contribution is 5.86. The smallest absolute Gasteiger partial charge is 0.229 e. The van der Waals surface area contributed by atoms with Gasteiger partial charge in [-0.2, -0.15) is 0 Å². The van der Waals surface area contributed by atoms with Gasteiger partial charge in [-0.05, 0) is 18.2 Å². The molecular weight excluding hydrogens is 592 g/mol. The predicted octanol–water partition coefficient (Wildman–Crippen LogP) is -2.12. The van der Waals surface area contributed by atoms with E-state index in [1.807, 2.05) is 0 Å². The van der Waals surface area contributed by atoms with Crippen LogP contribution in [0.5, 0.6) is 23.0 Å². The number of fused-ring (bicyclic) bond motifs is 1. The van der Waals surface area contributed by atoms with Crippen molar-refractivity contribution >= 4 is 11.0 Å². The van der Waals surface area contributed by atoms with Gasteiger partial charge in [0.15, 0.2) is 29.3 Å². The monoisotopic (exact) mass is 624 g/mol. The zero-order valence-electron chi connectivity index (χ0n) is 23.0. The average molecular weight is 625 g/mol. The van der Waals surface area contributed by atoms with Crippen LogP contribution in [0.15, 0.2) is 45.6 Å². The molecule has 3 heterocycles. The fourth-order valence-corrected chi connectivity index (χ4v) is 5.06. The molecule has 0 radical (unpaired) electrons. The second kappa shape index (κ2) is 12.8. The van der Waals surface area contributed by atoms with Gasteiger partial charge in [-0.3, -0.25) is 4.79 Å². The molecule has 10 atom stereocenters. The van der Waals surface area contributed by atoms with E-state index in [2.05, 4.69) is 0 Å². The van der Waals surface area contributed by atoms with Crippen LogP contribution in [0.4, 0.5) is 0 Å². The molecule has 0 amide bonds. The molecule has 2 saturated heterocycles. The molecule has 1 aromatic heterocycles. The summed E-state index contributed by atoms with van der Waals surface area (Å²) in [6, 6.07) is 7.66. The third kappa shape index (κ3) is 5.92. The van der Waals surface area contributed by atoms with Gasteiger partial charge in [-0.15, -0.1) is 0 Å². The van der Waals surface area contributed by atoms with Gasteiger partial charge in [0.05, 0.1) is 20.3 Å². The molecule has 0 aliphatic carbocycles. The third-order valence-corrected chi connectivity index (χ3v) is 7.46. The number of aliphatic hydroxyl groups is 7. The number of phenols is 2. The van der Waals surface area contributed by atoms with Gasteiger partial charge < -0.3 is 74.1 Å². The number of hydrogen-bond acceptors (Lipinski definition) is 16. The minimum Gasteiger partial charge on any atom is -0.507 e. The van der Waals surface area contributed by atoms with E-state index in [4.69, 9.17) is 28.1 Å². The Morgan fingerprint density at radius 1 is 0.773 bits per heavy atom. The van der Waals surface area contributed by atoms with Crippen LogP contribution in [0.25, 0.3) is 22.3 Å². The van der Waals surface area contributed by atoms with Gasteiger partial charge in [-0.25, -0.2) is 0 Å². The second-order valence-electron chi connectivity index (χ2n) is 10.3. The Labute approximate surface area is 248 Å². The highest BCUT2D eigenvalue weighted by Crippen LogP contribution is 2.36. The van der Waals surface area contributed by atoms with E-state index in [0.29, 0.717) is 5.56 Å². The summed E-state index contributed by atoms with van der Waals surface area (Å²) in [5.74, 6) is -0.760. The Hall–Kier alpha value is -3.55. The summed E-state index contributed by atoms with van der Waals surface area (Å²) in [7, 11) is 1.37. The van der Waals surface area contributed by atoms with Crippen LogP contribution in [-0.4, -0.2) is 128 Å². The molecule has 3 aromatic rings. The Kier molecular flexibility index (Phi) is 9.28. The van der Waals surface area contributed by atoms with Crippen molar-refractivity contribution in [1.82, 2.24) is 0 Å². The molecular formula is C28H32O16. The first-order valence-electron chi connectivity index (χ1n) is 13.4. The number of hydrogen-bond donors (Lipinski definition) is 9. The normalized spacial score (nSPS) is 32.5. The fourth-order valence-electron chi connectivity index (χ4n) is 5.06. The van der Waals surface area contributed by atoms with E-state index in [-0.39, 0.29) is 34.0 Å². The SMILES string of the molecule is COc1ccc(-c2cc(=O)c3c(O)cc(O[C@@H]4OC(CO)[C@@H](O)[C@H](O)C4O[C@@H]4OC(CO)[C@@H](O)[C@H](O)C4O)cc3o2)cc1O. The van der Waals surface area contributed by atoms with Crippen LogP contribution in [0.3, 0.4) is 0 Å². The van der Waals surface area contributed by atoms with Crippen LogP contribution in [0.1, 0.15) is 0 Å². The lowest BCUT2D eigenvalue weighted by atomic mass is 9.97. The Morgan fingerprint density at radius 3 is 2.07 bits per heavy atom. The number of aromatic hydroxyl groups is 2. The van der Waals surface area contributed by atoms with E-state index in [0.717, 1.165) is 12.1 Å². The molecule has 16 nitrogen and oxygen atoms in total. The molecule has 5 rings (SSSR count). The lowest BCUT2D eigenvalue weighted by molar-refractivity contribution is -0.357. The number of methoxy groups -OCH3 is 1. The van der Waals surface area contributed by atoms with Gasteiger partial charge >= 0.3 is 0 Å². The summed E-state index contributed by atoms with van der Waals surface area (Å²) in [6.07, 6.45) is -16.8. The molecule has 9 N–H and O–H groups in total. The second-order valence-corrected chi connectivity index (χ2v) is 10.3. The summed E-state index contributed by atoms with van der Waals surface area (Å²) < 4.78 is 33.2. The average Bonchev–Trinajstić information content (AvgIpc) is 3.00. The van der Waals surface area contributed by atoms with Crippen LogP contribution in [0.2, 0.25) is 0 Å². The number of benzene rings is 2. The molecule has 0 saturated carbocycles. The molecule has 2 fully saturated rings. The lowest BCUT2D eigenvalue weighted by Gasteiger charge is -2.45. The van der Waals surface area contributed by atoms with Crippen molar-refractivity contribution in [3.63, 3.8) is 0 Å². The topological polar surface area (TPSA) is 258 Å². The van der Waals surface area contributed by atoms with E-state index < -0.39 is 85.8 Å². The molecule has 2 aromatic carbocycles. The molecule has 4 unspecified atom stereocenters. The molecule has 0 spiro atoms. The van der Waals surface area contributed by atoms with Gasteiger partial charge in [0.2, 0.25) is 6.29 Å². The number of phenolic OH excluding ortho intramolecular Hbond substituents is 2. The summed E-state index contributed by atoms with van der Waals surface area (Å²) >= 11 is 0. The van der Waals surface area contributed by atoms with E-state index >= 15 is 0 Å². The summed E-state index contributed by atoms with van der Waals surface area (Å²) in [5.41, 5.74) is -0.476. The van der Waals surface area contributed by atoms with Crippen LogP contribution in [0, 0.1) is 0 Å². The van der Waals surface area contributed by atoms with E-state index in [1.165, 1.54) is 31.4 Å². The molecule has 16 heteroatoms. The van der Waals surface area contributed by atoms with Crippen molar-refractivity contribution < 1.29 is 74.1 Å². The first kappa shape index (κ1) is 31.9. The van der Waals surface area contributed by atoms with Crippen molar-refractivity contribution in [2.24, 2.45) is 0 Å². The quantitative estimate of drug-likeness (QED) is 0.130. The molecule has 240 valence electrons. The van der Waals surface area contributed by atoms with Gasteiger partial charge in [0.1, 0.15) is 71.0 Å². The molecule has 2 aliphatic heterocycles. The van der Waals surface area contributed by atoms with Crippen LogP contribution < -0.4 is 14.9 Å². The molecule has 0 bridgehead atoms. The van der Waals surface area contributed by atoms with Gasteiger partial charge in [0.25, 0.3) is 0 Å². The first-order chi connectivity index (χ1) is 21.0. The first-order valence-corrected chi connectivity index (χ1v) is 13.4. The summed E-state index contributed by atoms with van der Waals surface area (Å²) in [5, 5.41) is 91.7. The maximum Gasteiger partial charge on any atom is 0.229 e. The highest BCUT2D eigenvalue weighted by Gasteiger charge is 2.51. The van der Waals surface area contributed by atoms with Crippen molar-refractivity contribution in [3.8, 4) is 34.3 Å². The zero-order chi connectivity index (χ0) is 31.9. The molecule has 44 heavy (non-hydrogen) atoms. The minimum atomic E-state index is -1.87. The minimum absolute atomic E-state index is 0.0219. The lowest BCUT2D eigenvalue weighted by Crippen LogP contribution is -2.65. The Morgan fingerprint density at radius 2 is 1.43 bits per heavy atom. The van der Waals surface area contributed by atoms with Crippen LogP contribution in [-0.2, 0) is 14.2 Å². The Balaban J connectivity index is 1.48. The molecule has 2 aliphatic rings. The highest BCUT2D eigenvalue weighted by atomic mass is 16.8. The van der Waals surface area contributed by atoms with Gasteiger partial charge in [-0.1, -0.05) is 0 Å². The largest absolute Gasteiger partial charge is 0.507 e. The Bertz CT molecular complexity index is 1520. The predicted molar refractivity (Wildman–Crippen MR) is 145 cm³/mol. The maximum absolute atomic E-state index is 12.9. The number of ether oxygens (including phenoxy) is 5. The summed E-state index contributed by atoms with van der Waals surface area (Å²) in [6.45, 7) is -1.52. The van der Waals surface area contributed by atoms with Crippen molar-refractivity contribution in [3.05, 3.63) is 46.6 Å². The van der Waals surface area contributed by atoms with Crippen molar-refractivity contribution in [2.45, 2.75) is 61.4 Å².